The molecule has 0 unspecified atom stereocenters. The van der Waals surface area contributed by atoms with E-state index in [-0.39, 0.29) is 5.69 Å². The number of nitrogens with zero attached hydrogens (tertiary/aromatic N) is 2. The van der Waals surface area contributed by atoms with Crippen molar-refractivity contribution in [2.45, 2.75) is 0 Å². The van der Waals surface area contributed by atoms with E-state index in [0.717, 1.165) is 16.7 Å². The number of ether oxygens (including phenoxy) is 1. The van der Waals surface area contributed by atoms with Gasteiger partial charge in [0, 0.05) is 5.39 Å². The lowest BCUT2D eigenvalue weighted by Gasteiger charge is -2.06. The Morgan fingerprint density at radius 2 is 2.17 bits per heavy atom. The van der Waals surface area contributed by atoms with Crippen molar-refractivity contribution < 1.29 is 14.6 Å². The molecule has 0 amide bonds. The van der Waals surface area contributed by atoms with Crippen LogP contribution in [0.2, 0.25) is 0 Å². The Kier molecular flexibility index (Phi) is 2.19. The van der Waals surface area contributed by atoms with Crippen LogP contribution in [0.5, 0.6) is 5.75 Å². The number of pyridine rings is 1. The molecule has 0 fully saturated rings. The van der Waals surface area contributed by atoms with Crippen LogP contribution in [0.25, 0.3) is 16.6 Å². The van der Waals surface area contributed by atoms with E-state index < -0.39 is 5.97 Å². The van der Waals surface area contributed by atoms with Crippen LogP contribution < -0.4 is 4.74 Å². The van der Waals surface area contributed by atoms with E-state index in [1.807, 2.05) is 18.2 Å². The number of imidazole rings is 1. The predicted molar refractivity (Wildman–Crippen MR) is 66.2 cm³/mol. The summed E-state index contributed by atoms with van der Waals surface area (Å²) in [6, 6.07) is 9.17. The molecule has 3 aromatic rings. The maximum absolute atomic E-state index is 11.2. The maximum atomic E-state index is 11.2. The van der Waals surface area contributed by atoms with Crippen LogP contribution in [-0.4, -0.2) is 27.6 Å². The number of aromatic carboxylic acids is 1. The Balaban J connectivity index is 2.44. The Morgan fingerprint density at radius 3 is 2.89 bits per heavy atom. The summed E-state index contributed by atoms with van der Waals surface area (Å²) in [7, 11) is 1.60. The van der Waals surface area contributed by atoms with Crippen molar-refractivity contribution in [2.75, 3.05) is 7.11 Å². The fraction of sp³-hybridized carbons (Fsp3) is 0.0769. The number of hydrogen-bond donors (Lipinski definition) is 1. The van der Waals surface area contributed by atoms with E-state index in [0.29, 0.717) is 5.65 Å². The third-order valence-electron chi connectivity index (χ3n) is 2.90. The van der Waals surface area contributed by atoms with Crippen molar-refractivity contribution in [1.29, 1.82) is 0 Å². The summed E-state index contributed by atoms with van der Waals surface area (Å²) in [4.78, 5) is 15.2. The Bertz CT molecular complexity index is 761. The molecule has 0 saturated heterocycles. The van der Waals surface area contributed by atoms with E-state index in [1.54, 1.807) is 23.6 Å². The molecular weight excluding hydrogens is 232 g/mol. The predicted octanol–water partition coefficient (Wildman–Crippen LogP) is 2.19. The van der Waals surface area contributed by atoms with Gasteiger partial charge in [0.1, 0.15) is 11.4 Å². The van der Waals surface area contributed by atoms with Crippen molar-refractivity contribution in [2.24, 2.45) is 0 Å². The van der Waals surface area contributed by atoms with Crippen LogP contribution in [0.4, 0.5) is 0 Å². The molecule has 2 heterocycles. The van der Waals surface area contributed by atoms with Crippen molar-refractivity contribution in [3.8, 4) is 5.75 Å². The van der Waals surface area contributed by atoms with E-state index in [1.165, 1.54) is 6.20 Å². The lowest BCUT2D eigenvalue weighted by Crippen LogP contribution is -2.02. The number of aromatic nitrogens is 2. The second kappa shape index (κ2) is 3.73. The van der Waals surface area contributed by atoms with Gasteiger partial charge in [-0.15, -0.1) is 0 Å². The zero-order valence-electron chi connectivity index (χ0n) is 9.62. The van der Waals surface area contributed by atoms with Crippen molar-refractivity contribution in [3.63, 3.8) is 0 Å². The van der Waals surface area contributed by atoms with Gasteiger partial charge in [0.2, 0.25) is 0 Å². The molecule has 0 radical (unpaired) electrons. The van der Waals surface area contributed by atoms with Crippen molar-refractivity contribution in [3.05, 3.63) is 42.2 Å². The molecule has 0 bridgehead atoms. The third kappa shape index (κ3) is 1.41. The molecular formula is C13H10N2O3. The highest BCUT2D eigenvalue weighted by molar-refractivity contribution is 5.91. The van der Waals surface area contributed by atoms with Gasteiger partial charge in [-0.25, -0.2) is 9.78 Å². The summed E-state index contributed by atoms with van der Waals surface area (Å²) in [6.45, 7) is 0. The van der Waals surface area contributed by atoms with Crippen molar-refractivity contribution in [1.82, 2.24) is 9.38 Å². The molecule has 0 saturated carbocycles. The first-order chi connectivity index (χ1) is 8.70. The number of carbonyl (C=O) groups is 1. The summed E-state index contributed by atoms with van der Waals surface area (Å²) in [5, 5.41) is 10.1. The van der Waals surface area contributed by atoms with Gasteiger partial charge in [0.15, 0.2) is 5.69 Å². The number of methoxy groups -OCH3 is 1. The zero-order valence-corrected chi connectivity index (χ0v) is 9.62. The minimum absolute atomic E-state index is 0.153. The second-order valence-electron chi connectivity index (χ2n) is 3.90. The number of fused-ring (bicyclic) bond motifs is 3. The first kappa shape index (κ1) is 10.6. The lowest BCUT2D eigenvalue weighted by molar-refractivity contribution is 0.0690. The van der Waals surface area contributed by atoms with Gasteiger partial charge in [-0.05, 0) is 30.3 Å². The SMILES string of the molecule is COc1ccc2c(ccc3ncc(C(=O)O)n32)c1. The largest absolute Gasteiger partial charge is 0.497 e. The third-order valence-corrected chi connectivity index (χ3v) is 2.90. The monoisotopic (exact) mass is 242 g/mol. The van der Waals surface area contributed by atoms with Gasteiger partial charge in [-0.3, -0.25) is 4.40 Å². The van der Waals surface area contributed by atoms with E-state index in [9.17, 15) is 4.79 Å². The molecule has 0 aliphatic rings. The minimum Gasteiger partial charge on any atom is -0.497 e. The Labute approximate surface area is 102 Å². The minimum atomic E-state index is -0.995. The van der Waals surface area contributed by atoms with Crippen molar-refractivity contribution >= 4 is 22.5 Å². The number of carboxylic acids is 1. The van der Waals surface area contributed by atoms with Crippen LogP contribution in [0.3, 0.4) is 0 Å². The Morgan fingerprint density at radius 1 is 1.33 bits per heavy atom. The summed E-state index contributed by atoms with van der Waals surface area (Å²) in [5.41, 5.74) is 1.56. The standard InChI is InChI=1S/C13H10N2O3/c1-18-9-3-4-10-8(6-9)2-5-12-14-7-11(13(16)17)15(10)12/h2-7H,1H3,(H,16,17). The molecule has 2 aromatic heterocycles. The average molecular weight is 242 g/mol. The lowest BCUT2D eigenvalue weighted by atomic mass is 10.2. The van der Waals surface area contributed by atoms with Gasteiger partial charge in [-0.2, -0.15) is 0 Å². The smallest absolute Gasteiger partial charge is 0.354 e. The first-order valence-electron chi connectivity index (χ1n) is 5.38. The molecule has 0 aliphatic heterocycles. The molecule has 18 heavy (non-hydrogen) atoms. The van der Waals surface area contributed by atoms with Crippen LogP contribution in [0, 0.1) is 0 Å². The summed E-state index contributed by atoms with van der Waals surface area (Å²) >= 11 is 0. The van der Waals surface area contributed by atoms with Gasteiger partial charge < -0.3 is 9.84 Å². The maximum Gasteiger partial charge on any atom is 0.354 e. The molecule has 5 nitrogen and oxygen atoms in total. The fourth-order valence-corrected chi connectivity index (χ4v) is 2.05. The number of hydrogen-bond acceptors (Lipinski definition) is 3. The summed E-state index contributed by atoms with van der Waals surface area (Å²) in [5.74, 6) is -0.260. The van der Waals surface area contributed by atoms with E-state index >= 15 is 0 Å². The highest BCUT2D eigenvalue weighted by Crippen LogP contribution is 2.23. The van der Waals surface area contributed by atoms with Crippen LogP contribution in [0.1, 0.15) is 10.5 Å². The summed E-state index contributed by atoms with van der Waals surface area (Å²) < 4.78 is 6.77. The van der Waals surface area contributed by atoms with Gasteiger partial charge >= 0.3 is 5.97 Å². The zero-order chi connectivity index (χ0) is 12.7. The van der Waals surface area contributed by atoms with Gasteiger partial charge in [0.05, 0.1) is 18.8 Å². The van der Waals surface area contributed by atoms with Crippen LogP contribution in [0.15, 0.2) is 36.5 Å². The second-order valence-corrected chi connectivity index (χ2v) is 3.90. The number of carboxylic acid groups (broad SMARTS) is 1. The average Bonchev–Trinajstić information content (AvgIpc) is 2.82. The van der Waals surface area contributed by atoms with Gasteiger partial charge in [-0.1, -0.05) is 0 Å². The highest BCUT2D eigenvalue weighted by Gasteiger charge is 2.12. The van der Waals surface area contributed by atoms with E-state index in [2.05, 4.69) is 4.98 Å². The van der Waals surface area contributed by atoms with Gasteiger partial charge in [0.25, 0.3) is 0 Å². The molecule has 1 aromatic carbocycles. The molecule has 0 atom stereocenters. The molecule has 90 valence electrons. The molecule has 1 N–H and O–H groups in total. The molecule has 0 spiro atoms. The molecule has 0 aliphatic carbocycles. The normalized spacial score (nSPS) is 10.9. The number of benzene rings is 1. The quantitative estimate of drug-likeness (QED) is 0.748. The molecule has 5 heteroatoms. The van der Waals surface area contributed by atoms with Crippen LogP contribution >= 0.6 is 0 Å². The first-order valence-corrected chi connectivity index (χ1v) is 5.38. The topological polar surface area (TPSA) is 63.8 Å². The highest BCUT2D eigenvalue weighted by atomic mass is 16.5. The summed E-state index contributed by atoms with van der Waals surface area (Å²) in [6.07, 6.45) is 1.36. The number of rotatable bonds is 2. The van der Waals surface area contributed by atoms with E-state index in [4.69, 9.17) is 9.84 Å². The Hall–Kier alpha value is -2.56. The molecule has 3 rings (SSSR count). The van der Waals surface area contributed by atoms with Crippen LogP contribution in [-0.2, 0) is 0 Å². The fourth-order valence-electron chi connectivity index (χ4n) is 2.05.